The third-order valence-electron chi connectivity index (χ3n) is 2.88. The van der Waals surface area contributed by atoms with Gasteiger partial charge in [0.15, 0.2) is 6.10 Å². The molecule has 102 valence electrons. The monoisotopic (exact) mass is 273 g/mol. The van der Waals surface area contributed by atoms with Crippen LogP contribution >= 0.6 is 0 Å². The molecule has 2 aromatic rings. The van der Waals surface area contributed by atoms with Crippen LogP contribution in [0.2, 0.25) is 0 Å². The number of benzene rings is 1. The van der Waals surface area contributed by atoms with Crippen LogP contribution in [-0.4, -0.2) is 20.7 Å². The van der Waals surface area contributed by atoms with Crippen molar-refractivity contribution < 1.29 is 28.2 Å². The van der Waals surface area contributed by atoms with Crippen LogP contribution in [0.1, 0.15) is 17.2 Å². The summed E-state index contributed by atoms with van der Waals surface area (Å²) in [6.45, 7) is 0. The number of aryl methyl sites for hydroxylation is 1. The normalized spacial score (nSPS) is 13.7. The lowest BCUT2D eigenvalue weighted by atomic mass is 10.1. The van der Waals surface area contributed by atoms with Crippen molar-refractivity contribution in [1.29, 1.82) is 0 Å². The lowest BCUT2D eigenvalue weighted by Crippen LogP contribution is -2.10. The van der Waals surface area contributed by atoms with Crippen LogP contribution < -0.4 is 0 Å². The minimum absolute atomic E-state index is 0.0683. The molecule has 1 aromatic heterocycles. The molecule has 19 heavy (non-hydrogen) atoms. The molecule has 4 nitrogen and oxygen atoms in total. The maximum Gasteiger partial charge on any atom is 0.416 e. The van der Waals surface area contributed by atoms with E-state index in [1.54, 1.807) is 0 Å². The van der Waals surface area contributed by atoms with Crippen molar-refractivity contribution in [3.05, 3.63) is 35.5 Å². The number of fused-ring (bicyclic) bond motifs is 1. The highest BCUT2D eigenvalue weighted by Crippen LogP contribution is 2.34. The standard InChI is InChI=1S/C12H10F3NO3/c1-16-5-8(10(17)11(18)19)7-3-2-6(4-9(7)16)12(13,14)15/h2-5,10,17H,1H3,(H,18,19). The van der Waals surface area contributed by atoms with Gasteiger partial charge in [-0.05, 0) is 12.1 Å². The molecule has 0 amide bonds. The molecule has 0 spiro atoms. The van der Waals surface area contributed by atoms with Gasteiger partial charge in [0.2, 0.25) is 0 Å². The van der Waals surface area contributed by atoms with Crippen molar-refractivity contribution in [3.8, 4) is 0 Å². The summed E-state index contributed by atoms with van der Waals surface area (Å²) >= 11 is 0. The number of aliphatic hydroxyl groups is 1. The van der Waals surface area contributed by atoms with Gasteiger partial charge in [0.25, 0.3) is 0 Å². The van der Waals surface area contributed by atoms with Gasteiger partial charge < -0.3 is 14.8 Å². The summed E-state index contributed by atoms with van der Waals surface area (Å²) in [5, 5.41) is 18.5. The molecule has 1 heterocycles. The molecule has 0 saturated carbocycles. The van der Waals surface area contributed by atoms with Gasteiger partial charge in [-0.1, -0.05) is 6.07 Å². The Bertz CT molecular complexity index is 645. The first-order chi connectivity index (χ1) is 8.71. The molecule has 0 bridgehead atoms. The van der Waals surface area contributed by atoms with Gasteiger partial charge >= 0.3 is 12.1 Å². The molecule has 0 fully saturated rings. The van der Waals surface area contributed by atoms with Gasteiger partial charge in [-0.2, -0.15) is 13.2 Å². The number of alkyl halides is 3. The van der Waals surface area contributed by atoms with E-state index in [4.69, 9.17) is 5.11 Å². The van der Waals surface area contributed by atoms with Gasteiger partial charge in [0.1, 0.15) is 0 Å². The molecule has 0 aliphatic heterocycles. The molecule has 1 unspecified atom stereocenters. The molecule has 7 heteroatoms. The number of aliphatic carboxylic acids is 1. The molecule has 1 aromatic carbocycles. The predicted molar refractivity (Wildman–Crippen MR) is 60.5 cm³/mol. The maximum absolute atomic E-state index is 12.6. The number of carboxylic acid groups (broad SMARTS) is 1. The van der Waals surface area contributed by atoms with Crippen LogP contribution in [0.15, 0.2) is 24.4 Å². The summed E-state index contributed by atoms with van der Waals surface area (Å²) < 4.78 is 39.1. The minimum Gasteiger partial charge on any atom is -0.479 e. The summed E-state index contributed by atoms with van der Waals surface area (Å²) in [7, 11) is 1.49. The number of hydrogen-bond acceptors (Lipinski definition) is 2. The van der Waals surface area contributed by atoms with Crippen molar-refractivity contribution in [1.82, 2.24) is 4.57 Å². The predicted octanol–water partition coefficient (Wildman–Crippen LogP) is 2.32. The lowest BCUT2D eigenvalue weighted by Gasteiger charge is -2.07. The van der Waals surface area contributed by atoms with Crippen LogP contribution in [0.5, 0.6) is 0 Å². The van der Waals surface area contributed by atoms with Crippen LogP contribution in [-0.2, 0) is 18.0 Å². The van der Waals surface area contributed by atoms with E-state index >= 15 is 0 Å². The maximum atomic E-state index is 12.6. The van der Waals surface area contributed by atoms with Crippen molar-refractivity contribution in [2.45, 2.75) is 12.3 Å². The first-order valence-corrected chi connectivity index (χ1v) is 5.29. The van der Waals surface area contributed by atoms with Gasteiger partial charge in [-0.15, -0.1) is 0 Å². The summed E-state index contributed by atoms with van der Waals surface area (Å²) in [6, 6.07) is 2.95. The fourth-order valence-corrected chi connectivity index (χ4v) is 1.94. The van der Waals surface area contributed by atoms with E-state index in [9.17, 15) is 23.1 Å². The second-order valence-corrected chi connectivity index (χ2v) is 4.17. The van der Waals surface area contributed by atoms with Gasteiger partial charge in [-0.25, -0.2) is 4.79 Å². The molecule has 1 atom stereocenters. The number of rotatable bonds is 2. The van der Waals surface area contributed by atoms with Gasteiger partial charge in [0.05, 0.1) is 5.56 Å². The largest absolute Gasteiger partial charge is 0.479 e. The Kier molecular flexibility index (Phi) is 3.01. The highest BCUT2D eigenvalue weighted by atomic mass is 19.4. The number of hydrogen-bond donors (Lipinski definition) is 2. The quantitative estimate of drug-likeness (QED) is 0.882. The summed E-state index contributed by atoms with van der Waals surface area (Å²) in [5.41, 5.74) is -0.540. The minimum atomic E-state index is -4.47. The average Bonchev–Trinajstić information content (AvgIpc) is 2.64. The Morgan fingerprint density at radius 1 is 1.37 bits per heavy atom. The third kappa shape index (κ3) is 2.28. The molecule has 0 radical (unpaired) electrons. The summed E-state index contributed by atoms with van der Waals surface area (Å²) in [5.74, 6) is -1.45. The molecule has 0 aliphatic carbocycles. The van der Waals surface area contributed by atoms with E-state index in [-0.39, 0.29) is 16.5 Å². The van der Waals surface area contributed by atoms with Gasteiger partial charge in [-0.3, -0.25) is 0 Å². The molecular formula is C12H10F3NO3. The van der Waals surface area contributed by atoms with E-state index in [2.05, 4.69) is 0 Å². The van der Waals surface area contributed by atoms with E-state index in [0.29, 0.717) is 0 Å². The number of halogens is 3. The highest BCUT2D eigenvalue weighted by molar-refractivity contribution is 5.89. The van der Waals surface area contributed by atoms with Crippen molar-refractivity contribution in [3.63, 3.8) is 0 Å². The Hall–Kier alpha value is -2.02. The van der Waals surface area contributed by atoms with Crippen molar-refractivity contribution >= 4 is 16.9 Å². The Morgan fingerprint density at radius 2 is 2.00 bits per heavy atom. The Labute approximate surface area is 105 Å². The lowest BCUT2D eigenvalue weighted by molar-refractivity contribution is -0.146. The number of aliphatic hydroxyl groups excluding tert-OH is 1. The van der Waals surface area contributed by atoms with Crippen LogP contribution in [0, 0.1) is 0 Å². The highest BCUT2D eigenvalue weighted by Gasteiger charge is 2.31. The van der Waals surface area contributed by atoms with Crippen LogP contribution in [0.25, 0.3) is 10.9 Å². The zero-order valence-corrected chi connectivity index (χ0v) is 9.77. The van der Waals surface area contributed by atoms with Crippen LogP contribution in [0.3, 0.4) is 0 Å². The van der Waals surface area contributed by atoms with E-state index in [1.165, 1.54) is 23.9 Å². The van der Waals surface area contributed by atoms with E-state index < -0.39 is 23.8 Å². The molecule has 2 N–H and O–H groups in total. The Balaban J connectivity index is 2.64. The van der Waals surface area contributed by atoms with Crippen LogP contribution in [0.4, 0.5) is 13.2 Å². The topological polar surface area (TPSA) is 62.5 Å². The molecule has 0 aliphatic rings. The molecule has 2 rings (SSSR count). The molecular weight excluding hydrogens is 263 g/mol. The number of aromatic nitrogens is 1. The SMILES string of the molecule is Cn1cc(C(O)C(=O)O)c2ccc(C(F)(F)F)cc21. The zero-order valence-electron chi connectivity index (χ0n) is 9.77. The summed E-state index contributed by atoms with van der Waals surface area (Å²) in [6.07, 6.45) is -4.92. The summed E-state index contributed by atoms with van der Waals surface area (Å²) in [4.78, 5) is 10.7. The average molecular weight is 273 g/mol. The third-order valence-corrected chi connectivity index (χ3v) is 2.88. The second-order valence-electron chi connectivity index (χ2n) is 4.17. The van der Waals surface area contributed by atoms with Crippen molar-refractivity contribution in [2.24, 2.45) is 7.05 Å². The number of nitrogens with zero attached hydrogens (tertiary/aromatic N) is 1. The zero-order chi connectivity index (χ0) is 14.4. The first-order valence-electron chi connectivity index (χ1n) is 5.29. The number of carboxylic acids is 1. The number of carbonyl (C=O) groups is 1. The van der Waals surface area contributed by atoms with Crippen molar-refractivity contribution in [2.75, 3.05) is 0 Å². The molecule has 0 saturated heterocycles. The second kappa shape index (κ2) is 4.27. The fourth-order valence-electron chi connectivity index (χ4n) is 1.94. The fraction of sp³-hybridized carbons (Fsp3) is 0.250. The smallest absolute Gasteiger partial charge is 0.416 e. The Morgan fingerprint density at radius 3 is 2.53 bits per heavy atom. The van der Waals surface area contributed by atoms with E-state index in [1.807, 2.05) is 0 Å². The first kappa shape index (κ1) is 13.4. The van der Waals surface area contributed by atoms with Gasteiger partial charge in [0, 0.05) is 29.7 Å². The van der Waals surface area contributed by atoms with E-state index in [0.717, 1.165) is 12.1 Å².